The van der Waals surface area contributed by atoms with Gasteiger partial charge >= 0.3 is 0 Å². The quantitative estimate of drug-likeness (QED) is 0.112. The lowest BCUT2D eigenvalue weighted by atomic mass is 9.99. The van der Waals surface area contributed by atoms with Gasteiger partial charge < -0.3 is 18.9 Å². The van der Waals surface area contributed by atoms with Crippen molar-refractivity contribution in [2.45, 2.75) is 37.5 Å². The van der Waals surface area contributed by atoms with E-state index in [4.69, 9.17) is 18.9 Å². The first-order valence-electron chi connectivity index (χ1n) is 13.9. The molecular formula is C36H38O4S. The summed E-state index contributed by atoms with van der Waals surface area (Å²) in [5, 5.41) is 0. The van der Waals surface area contributed by atoms with Crippen LogP contribution in [0, 0.1) is 13.8 Å². The Hall–Kier alpha value is -4.09. The number of rotatable bonds is 14. The lowest BCUT2D eigenvalue weighted by Crippen LogP contribution is -2.07. The molecule has 4 rings (SSSR count). The summed E-state index contributed by atoms with van der Waals surface area (Å²) in [6.45, 7) is 9.88. The molecule has 4 aromatic carbocycles. The maximum atomic E-state index is 6.48. The second-order valence-corrected chi connectivity index (χ2v) is 10.5. The molecule has 212 valence electrons. The highest BCUT2D eigenvalue weighted by Gasteiger charge is 2.20. The minimum Gasteiger partial charge on any atom is -0.498 e. The second-order valence-electron chi connectivity index (χ2n) is 9.38. The third-order valence-electron chi connectivity index (χ3n) is 6.36. The van der Waals surface area contributed by atoms with Gasteiger partial charge in [-0.05, 0) is 62.1 Å². The largest absolute Gasteiger partial charge is 0.498 e. The van der Waals surface area contributed by atoms with Crippen molar-refractivity contribution < 1.29 is 18.9 Å². The Morgan fingerprint density at radius 1 is 0.537 bits per heavy atom. The molecule has 0 heterocycles. The van der Waals surface area contributed by atoms with Crippen LogP contribution in [-0.2, 0) is 9.47 Å². The van der Waals surface area contributed by atoms with E-state index in [0.29, 0.717) is 26.4 Å². The van der Waals surface area contributed by atoms with Crippen molar-refractivity contribution in [1.29, 1.82) is 0 Å². The van der Waals surface area contributed by atoms with E-state index in [1.165, 1.54) is 0 Å². The average molecular weight is 567 g/mol. The molecule has 0 aliphatic carbocycles. The molecule has 0 aliphatic rings. The van der Waals surface area contributed by atoms with Crippen LogP contribution in [-0.4, -0.2) is 26.4 Å². The van der Waals surface area contributed by atoms with Gasteiger partial charge in [-0.25, -0.2) is 0 Å². The Labute approximate surface area is 248 Å². The van der Waals surface area contributed by atoms with Crippen LogP contribution in [0.1, 0.15) is 25.0 Å². The van der Waals surface area contributed by atoms with E-state index in [2.05, 4.69) is 86.6 Å². The third kappa shape index (κ3) is 7.99. The molecule has 0 saturated carbocycles. The van der Waals surface area contributed by atoms with Crippen LogP contribution in [0.25, 0.3) is 22.3 Å². The molecule has 0 radical (unpaired) electrons. The topological polar surface area (TPSA) is 36.9 Å². The van der Waals surface area contributed by atoms with Crippen LogP contribution in [0.2, 0.25) is 0 Å². The van der Waals surface area contributed by atoms with Crippen molar-refractivity contribution in [1.82, 2.24) is 0 Å². The van der Waals surface area contributed by atoms with Gasteiger partial charge in [0.2, 0.25) is 0 Å². The molecule has 0 atom stereocenters. The smallest absolute Gasteiger partial charge is 0.141 e. The van der Waals surface area contributed by atoms with Crippen molar-refractivity contribution in [2.24, 2.45) is 0 Å². The summed E-state index contributed by atoms with van der Waals surface area (Å²) >= 11 is 1.65. The molecule has 4 nitrogen and oxygen atoms in total. The van der Waals surface area contributed by atoms with E-state index < -0.39 is 0 Å². The van der Waals surface area contributed by atoms with Crippen molar-refractivity contribution >= 4 is 11.8 Å². The normalized spacial score (nSPS) is 11.2. The van der Waals surface area contributed by atoms with E-state index in [1.54, 1.807) is 24.3 Å². The van der Waals surface area contributed by atoms with Crippen molar-refractivity contribution in [3.63, 3.8) is 0 Å². The van der Waals surface area contributed by atoms with Crippen LogP contribution in [0.4, 0.5) is 0 Å². The predicted molar refractivity (Wildman–Crippen MR) is 170 cm³/mol. The first kappa shape index (κ1) is 29.9. The van der Waals surface area contributed by atoms with Gasteiger partial charge in [0, 0.05) is 11.1 Å². The summed E-state index contributed by atoms with van der Waals surface area (Å²) in [5.41, 5.74) is 6.69. The van der Waals surface area contributed by atoms with Crippen LogP contribution in [0.5, 0.6) is 11.5 Å². The summed E-state index contributed by atoms with van der Waals surface area (Å²) in [5.74, 6) is 1.68. The van der Waals surface area contributed by atoms with Gasteiger partial charge in [-0.3, -0.25) is 0 Å². The maximum absolute atomic E-state index is 6.48. The molecule has 0 bridgehead atoms. The number of aryl methyl sites for hydroxylation is 2. The Morgan fingerprint density at radius 3 is 1.34 bits per heavy atom. The van der Waals surface area contributed by atoms with Crippen molar-refractivity contribution in [3.05, 3.63) is 121 Å². The highest BCUT2D eigenvalue weighted by Crippen LogP contribution is 2.48. The molecule has 0 fully saturated rings. The first-order valence-corrected chi connectivity index (χ1v) is 14.7. The zero-order valence-electron chi connectivity index (χ0n) is 24.3. The maximum Gasteiger partial charge on any atom is 0.141 e. The van der Waals surface area contributed by atoms with Gasteiger partial charge in [-0.2, -0.15) is 0 Å². The minimum atomic E-state index is 0.427. The fourth-order valence-corrected chi connectivity index (χ4v) is 5.55. The molecular weight excluding hydrogens is 528 g/mol. The SMILES string of the molecule is CC=COCCOc1c(Sc2ccc(C)c(-c3ccccc3)c2OCCOC=CC)ccc(C)c1-c1ccccc1. The minimum absolute atomic E-state index is 0.427. The Kier molecular flexibility index (Phi) is 11.4. The predicted octanol–water partition coefficient (Wildman–Crippen LogP) is 9.65. The van der Waals surface area contributed by atoms with E-state index in [-0.39, 0.29) is 0 Å². The molecule has 0 N–H and O–H groups in total. The standard InChI is InChI=1S/C36H38O4S/c1-5-21-37-23-25-39-35-31(19-17-27(3)33(35)29-13-9-7-10-14-29)41-32-20-18-28(4)34(30-15-11-8-12-16-30)36(32)40-26-24-38-22-6-2/h5-22H,23-26H2,1-4H3. The van der Waals surface area contributed by atoms with E-state index in [0.717, 1.165) is 54.7 Å². The van der Waals surface area contributed by atoms with Crippen molar-refractivity contribution in [3.8, 4) is 33.8 Å². The molecule has 0 aliphatic heterocycles. The highest BCUT2D eigenvalue weighted by molar-refractivity contribution is 7.99. The van der Waals surface area contributed by atoms with Gasteiger partial charge in [0.05, 0.1) is 22.3 Å². The molecule has 0 amide bonds. The third-order valence-corrected chi connectivity index (χ3v) is 7.45. The molecule has 5 heteroatoms. The monoisotopic (exact) mass is 566 g/mol. The lowest BCUT2D eigenvalue weighted by Gasteiger charge is -2.21. The van der Waals surface area contributed by atoms with Crippen LogP contribution in [0.3, 0.4) is 0 Å². The van der Waals surface area contributed by atoms with Crippen molar-refractivity contribution in [2.75, 3.05) is 26.4 Å². The van der Waals surface area contributed by atoms with Gasteiger partial charge in [-0.1, -0.05) is 96.7 Å². The van der Waals surface area contributed by atoms with Gasteiger partial charge in [0.25, 0.3) is 0 Å². The fourth-order valence-electron chi connectivity index (χ4n) is 4.53. The average Bonchev–Trinajstić information content (AvgIpc) is 3.00. The van der Waals surface area contributed by atoms with Crippen LogP contribution < -0.4 is 9.47 Å². The van der Waals surface area contributed by atoms with E-state index in [9.17, 15) is 0 Å². The van der Waals surface area contributed by atoms with Gasteiger partial charge in [-0.15, -0.1) is 0 Å². The summed E-state index contributed by atoms with van der Waals surface area (Å²) in [6, 6.07) is 29.4. The number of ether oxygens (including phenoxy) is 4. The van der Waals surface area contributed by atoms with Gasteiger partial charge in [0.15, 0.2) is 0 Å². The number of hydrogen-bond acceptors (Lipinski definition) is 5. The molecule has 0 spiro atoms. The Bertz CT molecular complexity index is 1330. The van der Waals surface area contributed by atoms with Crippen LogP contribution in [0.15, 0.2) is 119 Å². The second kappa shape index (κ2) is 15.6. The lowest BCUT2D eigenvalue weighted by molar-refractivity contribution is 0.176. The zero-order valence-corrected chi connectivity index (χ0v) is 25.1. The molecule has 0 saturated heterocycles. The summed E-state index contributed by atoms with van der Waals surface area (Å²) in [7, 11) is 0. The Balaban J connectivity index is 1.78. The molecule has 41 heavy (non-hydrogen) atoms. The van der Waals surface area contributed by atoms with Gasteiger partial charge in [0.1, 0.15) is 37.9 Å². The van der Waals surface area contributed by atoms with E-state index in [1.807, 2.05) is 38.1 Å². The summed E-state index contributed by atoms with van der Waals surface area (Å²) < 4.78 is 24.1. The molecule has 4 aromatic rings. The zero-order chi connectivity index (χ0) is 28.9. The number of hydrogen-bond donors (Lipinski definition) is 0. The Morgan fingerprint density at radius 2 is 0.951 bits per heavy atom. The van der Waals surface area contributed by atoms with Crippen LogP contribution >= 0.6 is 11.8 Å². The molecule has 0 aromatic heterocycles. The van der Waals surface area contributed by atoms with E-state index >= 15 is 0 Å². The first-order chi connectivity index (χ1) is 20.1. The number of allylic oxidation sites excluding steroid dienone is 2. The summed E-state index contributed by atoms with van der Waals surface area (Å²) in [4.78, 5) is 2.02. The fraction of sp³-hybridized carbons (Fsp3) is 0.222. The molecule has 0 unspecified atom stereocenters. The highest BCUT2D eigenvalue weighted by atomic mass is 32.2. The number of benzene rings is 4. The summed E-state index contributed by atoms with van der Waals surface area (Å²) in [6.07, 6.45) is 7.12.